The predicted octanol–water partition coefficient (Wildman–Crippen LogP) is 2.18. The van der Waals surface area contributed by atoms with E-state index >= 15 is 0 Å². The van der Waals surface area contributed by atoms with E-state index in [-0.39, 0.29) is 12.5 Å². The van der Waals surface area contributed by atoms with E-state index in [0.29, 0.717) is 13.0 Å². The van der Waals surface area contributed by atoms with E-state index in [1.807, 2.05) is 31.2 Å². The predicted molar refractivity (Wildman–Crippen MR) is 79.7 cm³/mol. The first-order valence-corrected chi connectivity index (χ1v) is 6.95. The molecule has 0 aliphatic carbocycles. The van der Waals surface area contributed by atoms with Gasteiger partial charge in [0.2, 0.25) is 0 Å². The zero-order chi connectivity index (χ0) is 15.0. The Morgan fingerprint density at radius 1 is 1.20 bits per heavy atom. The summed E-state index contributed by atoms with van der Waals surface area (Å²) in [7, 11) is 3.09. The Morgan fingerprint density at radius 2 is 1.85 bits per heavy atom. The monoisotopic (exact) mass is 279 g/mol. The van der Waals surface area contributed by atoms with Crippen LogP contribution in [-0.2, 0) is 19.7 Å². The Balaban J connectivity index is 2.98. The lowest BCUT2D eigenvalue weighted by Gasteiger charge is -2.30. The average molecular weight is 279 g/mol. The van der Waals surface area contributed by atoms with Crippen LogP contribution in [0.15, 0.2) is 24.3 Å². The van der Waals surface area contributed by atoms with Gasteiger partial charge in [0.05, 0.1) is 7.11 Å². The number of benzene rings is 1. The Kier molecular flexibility index (Phi) is 6.68. The van der Waals surface area contributed by atoms with Crippen molar-refractivity contribution in [2.24, 2.45) is 5.73 Å². The number of methoxy groups -OCH3 is 2. The van der Waals surface area contributed by atoms with Crippen LogP contribution in [0.25, 0.3) is 0 Å². The van der Waals surface area contributed by atoms with Gasteiger partial charge in [0.25, 0.3) is 0 Å². The number of carbonyl (C=O) groups is 1. The van der Waals surface area contributed by atoms with Crippen molar-refractivity contribution in [3.05, 3.63) is 35.4 Å². The van der Waals surface area contributed by atoms with Gasteiger partial charge >= 0.3 is 5.97 Å². The van der Waals surface area contributed by atoms with Gasteiger partial charge in [-0.15, -0.1) is 0 Å². The highest BCUT2D eigenvalue weighted by Gasteiger charge is 2.39. The quantitative estimate of drug-likeness (QED) is 0.585. The summed E-state index contributed by atoms with van der Waals surface area (Å²) >= 11 is 0. The van der Waals surface area contributed by atoms with E-state index < -0.39 is 5.41 Å². The molecule has 1 atom stereocenters. The number of carbonyl (C=O) groups excluding carboxylic acids is 1. The molecule has 0 heterocycles. The number of unbranched alkanes of at least 4 members (excludes halogenated alkanes) is 1. The number of rotatable bonds is 8. The highest BCUT2D eigenvalue weighted by Crippen LogP contribution is 2.31. The molecule has 0 fully saturated rings. The molecule has 1 aromatic rings. The SMILES string of the molecule is COCCCCC(CN)(C(=O)OC)c1ccc(C)cc1. The second-order valence-corrected chi connectivity index (χ2v) is 5.09. The Hall–Kier alpha value is -1.39. The third-order valence-corrected chi connectivity index (χ3v) is 3.73. The maximum atomic E-state index is 12.3. The maximum Gasteiger partial charge on any atom is 0.317 e. The zero-order valence-electron chi connectivity index (χ0n) is 12.6. The molecule has 0 aliphatic rings. The minimum atomic E-state index is -0.754. The van der Waals surface area contributed by atoms with Gasteiger partial charge in [0, 0.05) is 20.3 Å². The van der Waals surface area contributed by atoms with E-state index in [4.69, 9.17) is 15.2 Å². The van der Waals surface area contributed by atoms with Crippen LogP contribution in [0.4, 0.5) is 0 Å². The molecule has 4 nitrogen and oxygen atoms in total. The first-order chi connectivity index (χ1) is 9.60. The fraction of sp³-hybridized carbons (Fsp3) is 0.562. The molecule has 1 rings (SSSR count). The summed E-state index contributed by atoms with van der Waals surface area (Å²) in [5.74, 6) is -0.263. The van der Waals surface area contributed by atoms with Crippen LogP contribution in [0.2, 0.25) is 0 Å². The number of ether oxygens (including phenoxy) is 2. The lowest BCUT2D eigenvalue weighted by Crippen LogP contribution is -2.44. The molecular formula is C16H25NO3. The normalized spacial score (nSPS) is 13.8. The van der Waals surface area contributed by atoms with E-state index in [9.17, 15) is 4.79 Å². The Morgan fingerprint density at radius 3 is 2.35 bits per heavy atom. The molecule has 0 aromatic heterocycles. The van der Waals surface area contributed by atoms with E-state index in [1.54, 1.807) is 7.11 Å². The molecule has 0 radical (unpaired) electrons. The molecule has 0 aliphatic heterocycles. The molecule has 1 unspecified atom stereocenters. The van der Waals surface area contributed by atoms with Crippen molar-refractivity contribution in [2.75, 3.05) is 27.4 Å². The Bertz CT molecular complexity index is 416. The van der Waals surface area contributed by atoms with Gasteiger partial charge in [-0.3, -0.25) is 4.79 Å². The van der Waals surface area contributed by atoms with Gasteiger partial charge in [-0.05, 0) is 31.7 Å². The third kappa shape index (κ3) is 3.81. The van der Waals surface area contributed by atoms with Crippen LogP contribution in [0, 0.1) is 6.92 Å². The smallest absolute Gasteiger partial charge is 0.317 e. The number of hydrogen-bond donors (Lipinski definition) is 1. The molecule has 0 saturated carbocycles. The van der Waals surface area contributed by atoms with Crippen LogP contribution in [0.5, 0.6) is 0 Å². The molecular weight excluding hydrogens is 254 g/mol. The van der Waals surface area contributed by atoms with Crippen molar-refractivity contribution in [2.45, 2.75) is 31.6 Å². The summed E-state index contributed by atoms with van der Waals surface area (Å²) in [6.07, 6.45) is 2.44. The zero-order valence-corrected chi connectivity index (χ0v) is 12.6. The van der Waals surface area contributed by atoms with E-state index in [1.165, 1.54) is 7.11 Å². The third-order valence-electron chi connectivity index (χ3n) is 3.73. The molecule has 2 N–H and O–H groups in total. The van der Waals surface area contributed by atoms with Crippen LogP contribution in [0.1, 0.15) is 30.4 Å². The number of hydrogen-bond acceptors (Lipinski definition) is 4. The van der Waals surface area contributed by atoms with Gasteiger partial charge in [-0.25, -0.2) is 0 Å². The number of esters is 1. The maximum absolute atomic E-state index is 12.3. The summed E-state index contributed by atoms with van der Waals surface area (Å²) in [6.45, 7) is 2.95. The molecule has 0 bridgehead atoms. The summed E-state index contributed by atoms with van der Waals surface area (Å²) in [4.78, 5) is 12.3. The molecule has 0 spiro atoms. The fourth-order valence-corrected chi connectivity index (χ4v) is 2.41. The second-order valence-electron chi connectivity index (χ2n) is 5.09. The van der Waals surface area contributed by atoms with Crippen molar-refractivity contribution < 1.29 is 14.3 Å². The average Bonchev–Trinajstić information content (AvgIpc) is 2.48. The van der Waals surface area contributed by atoms with Crippen LogP contribution in [-0.4, -0.2) is 33.3 Å². The van der Waals surface area contributed by atoms with Gasteiger partial charge in [0.1, 0.15) is 5.41 Å². The largest absolute Gasteiger partial charge is 0.468 e. The van der Waals surface area contributed by atoms with E-state index in [2.05, 4.69) is 0 Å². The lowest BCUT2D eigenvalue weighted by molar-refractivity contribution is -0.147. The molecule has 0 saturated heterocycles. The fourth-order valence-electron chi connectivity index (χ4n) is 2.41. The minimum Gasteiger partial charge on any atom is -0.468 e. The van der Waals surface area contributed by atoms with Crippen molar-refractivity contribution >= 4 is 5.97 Å². The van der Waals surface area contributed by atoms with Crippen molar-refractivity contribution in [1.82, 2.24) is 0 Å². The standard InChI is InChI=1S/C16H25NO3/c1-13-6-8-14(9-7-13)16(12-17,15(18)20-3)10-4-5-11-19-2/h6-9H,4-5,10-12,17H2,1-3H3. The van der Waals surface area contributed by atoms with Gasteiger partial charge in [-0.1, -0.05) is 29.8 Å². The molecule has 0 amide bonds. The summed E-state index contributed by atoms with van der Waals surface area (Å²) < 4.78 is 10.0. The summed E-state index contributed by atoms with van der Waals surface area (Å²) in [5, 5.41) is 0. The van der Waals surface area contributed by atoms with Gasteiger partial charge in [-0.2, -0.15) is 0 Å². The lowest BCUT2D eigenvalue weighted by atomic mass is 9.76. The van der Waals surface area contributed by atoms with Crippen molar-refractivity contribution in [3.8, 4) is 0 Å². The molecule has 1 aromatic carbocycles. The first kappa shape index (κ1) is 16.7. The summed E-state index contributed by atoms with van der Waals surface area (Å²) in [5.41, 5.74) is 7.27. The van der Waals surface area contributed by atoms with Gasteiger partial charge in [0.15, 0.2) is 0 Å². The highest BCUT2D eigenvalue weighted by molar-refractivity contribution is 5.83. The van der Waals surface area contributed by atoms with Crippen LogP contribution >= 0.6 is 0 Å². The van der Waals surface area contributed by atoms with Crippen LogP contribution in [0.3, 0.4) is 0 Å². The number of nitrogens with two attached hydrogens (primary N) is 1. The minimum absolute atomic E-state index is 0.246. The molecule has 20 heavy (non-hydrogen) atoms. The Labute approximate surface area is 121 Å². The molecule has 112 valence electrons. The molecule has 4 heteroatoms. The first-order valence-electron chi connectivity index (χ1n) is 6.95. The number of aryl methyl sites for hydroxylation is 1. The van der Waals surface area contributed by atoms with Gasteiger partial charge < -0.3 is 15.2 Å². The van der Waals surface area contributed by atoms with E-state index in [0.717, 1.165) is 24.0 Å². The van der Waals surface area contributed by atoms with Crippen molar-refractivity contribution in [3.63, 3.8) is 0 Å². The topological polar surface area (TPSA) is 61.5 Å². The van der Waals surface area contributed by atoms with Crippen LogP contribution < -0.4 is 5.73 Å². The second kappa shape index (κ2) is 8.02. The van der Waals surface area contributed by atoms with Crippen molar-refractivity contribution in [1.29, 1.82) is 0 Å². The summed E-state index contributed by atoms with van der Waals surface area (Å²) in [6, 6.07) is 7.93. The highest BCUT2D eigenvalue weighted by atomic mass is 16.5.